The average Bonchev–Trinajstić information content (AvgIpc) is 2.73. The van der Waals surface area contributed by atoms with Gasteiger partial charge in [-0.2, -0.15) is 0 Å². The van der Waals surface area contributed by atoms with Gasteiger partial charge >= 0.3 is 12.0 Å². The van der Waals surface area contributed by atoms with Crippen LogP contribution >= 0.6 is 0 Å². The quantitative estimate of drug-likeness (QED) is 0.689. The van der Waals surface area contributed by atoms with E-state index in [1.54, 1.807) is 6.92 Å². The number of hydrogen-bond acceptors (Lipinski definition) is 3. The first-order valence-corrected chi connectivity index (χ1v) is 5.21. The first-order chi connectivity index (χ1) is 8.24. The molecule has 1 aliphatic heterocycles. The Bertz CT molecular complexity index is 498. The summed E-state index contributed by atoms with van der Waals surface area (Å²) in [5.41, 5.74) is 0.865. The van der Waals surface area contributed by atoms with Crippen molar-refractivity contribution in [2.75, 3.05) is 6.61 Å². The second kappa shape index (κ2) is 4.71. The first-order valence-electron chi connectivity index (χ1n) is 5.21. The molecule has 2 rings (SSSR count). The van der Waals surface area contributed by atoms with E-state index >= 15 is 0 Å². The molecule has 86 valence electrons. The zero-order valence-corrected chi connectivity index (χ0v) is 9.34. The molecule has 1 saturated heterocycles. The van der Waals surface area contributed by atoms with Crippen LogP contribution < -0.4 is 0 Å². The lowest BCUT2D eigenvalue weighted by Gasteiger charge is -2.16. The van der Waals surface area contributed by atoms with E-state index in [0.29, 0.717) is 0 Å². The van der Waals surface area contributed by atoms with E-state index < -0.39 is 12.0 Å². The molecule has 0 saturated carbocycles. The van der Waals surface area contributed by atoms with Gasteiger partial charge in [0.15, 0.2) is 0 Å². The number of hydrogen-bond donors (Lipinski definition) is 0. The van der Waals surface area contributed by atoms with Crippen molar-refractivity contribution in [3.63, 3.8) is 0 Å². The first kappa shape index (κ1) is 11.2. The van der Waals surface area contributed by atoms with Crippen LogP contribution in [0.25, 0.3) is 0 Å². The summed E-state index contributed by atoms with van der Waals surface area (Å²) in [5.74, 6) is 4.32. The van der Waals surface area contributed by atoms with Gasteiger partial charge in [0, 0.05) is 0 Å². The Morgan fingerprint density at radius 2 is 2.12 bits per heavy atom. The van der Waals surface area contributed by atoms with E-state index in [9.17, 15) is 9.59 Å². The highest BCUT2D eigenvalue weighted by atomic mass is 16.6. The highest BCUT2D eigenvalue weighted by Gasteiger charge is 2.38. The second-order valence-electron chi connectivity index (χ2n) is 3.55. The predicted octanol–water partition coefficient (Wildman–Crippen LogP) is 1.73. The topological polar surface area (TPSA) is 46.6 Å². The number of rotatable bonds is 1. The second-order valence-corrected chi connectivity index (χ2v) is 3.55. The lowest BCUT2D eigenvalue weighted by molar-refractivity contribution is -0.123. The third-order valence-electron chi connectivity index (χ3n) is 2.51. The smallest absolute Gasteiger partial charge is 0.418 e. The van der Waals surface area contributed by atoms with Crippen molar-refractivity contribution in [2.45, 2.75) is 13.0 Å². The van der Waals surface area contributed by atoms with Crippen molar-refractivity contribution in [3.05, 3.63) is 35.9 Å². The van der Waals surface area contributed by atoms with Gasteiger partial charge in [-0.1, -0.05) is 36.3 Å². The molecule has 1 aromatic rings. The van der Waals surface area contributed by atoms with Crippen molar-refractivity contribution >= 4 is 12.0 Å². The summed E-state index contributed by atoms with van der Waals surface area (Å²) in [7, 11) is 0. The minimum Gasteiger partial charge on any atom is -0.446 e. The van der Waals surface area contributed by atoms with Crippen LogP contribution in [-0.2, 0) is 9.53 Å². The van der Waals surface area contributed by atoms with Crippen molar-refractivity contribution in [2.24, 2.45) is 0 Å². The number of benzene rings is 1. The SMILES string of the molecule is CC#CC(=O)N1C(=O)OC[C@H]1c1ccccc1. The minimum absolute atomic E-state index is 0.181. The largest absolute Gasteiger partial charge is 0.446 e. The Labute approximate surface area is 99.2 Å². The van der Waals surface area contributed by atoms with Gasteiger partial charge in [0.2, 0.25) is 0 Å². The summed E-state index contributed by atoms with van der Waals surface area (Å²) >= 11 is 0. The molecule has 1 heterocycles. The van der Waals surface area contributed by atoms with E-state index in [0.717, 1.165) is 10.5 Å². The molecule has 0 spiro atoms. The molecule has 0 aliphatic carbocycles. The molecule has 1 aliphatic rings. The molecular formula is C13H11NO3. The molecule has 1 atom stereocenters. The summed E-state index contributed by atoms with van der Waals surface area (Å²) in [4.78, 5) is 24.2. The molecule has 17 heavy (non-hydrogen) atoms. The number of carbonyl (C=O) groups excluding carboxylic acids is 2. The van der Waals surface area contributed by atoms with E-state index in [-0.39, 0.29) is 12.6 Å². The molecule has 0 unspecified atom stereocenters. The molecule has 0 aromatic heterocycles. The van der Waals surface area contributed by atoms with Crippen LogP contribution in [0.15, 0.2) is 30.3 Å². The van der Waals surface area contributed by atoms with Crippen LogP contribution in [-0.4, -0.2) is 23.5 Å². The molecule has 4 nitrogen and oxygen atoms in total. The van der Waals surface area contributed by atoms with Gasteiger partial charge in [-0.3, -0.25) is 4.79 Å². The van der Waals surface area contributed by atoms with Gasteiger partial charge in [0.1, 0.15) is 12.6 Å². The normalized spacial score (nSPS) is 18.3. The maximum Gasteiger partial charge on any atom is 0.418 e. The van der Waals surface area contributed by atoms with Gasteiger partial charge in [-0.05, 0) is 18.4 Å². The fourth-order valence-corrected chi connectivity index (χ4v) is 1.73. The fraction of sp³-hybridized carbons (Fsp3) is 0.231. The summed E-state index contributed by atoms with van der Waals surface area (Å²) in [6, 6.07) is 8.91. The minimum atomic E-state index is -0.633. The molecule has 4 heteroatoms. The van der Waals surface area contributed by atoms with Crippen LogP contribution in [0.2, 0.25) is 0 Å². The van der Waals surface area contributed by atoms with Crippen molar-refractivity contribution < 1.29 is 14.3 Å². The monoisotopic (exact) mass is 229 g/mol. The summed E-state index contributed by atoms with van der Waals surface area (Å²) in [5, 5.41) is 0. The number of ether oxygens (including phenoxy) is 1. The zero-order valence-electron chi connectivity index (χ0n) is 9.34. The van der Waals surface area contributed by atoms with E-state index in [1.807, 2.05) is 30.3 Å². The average molecular weight is 229 g/mol. The standard InChI is InChI=1S/C13H11NO3/c1-2-6-12(15)14-11(9-17-13(14)16)10-7-4-3-5-8-10/h3-5,7-8,11H,9H2,1H3/t11-/m0/s1. The van der Waals surface area contributed by atoms with Crippen LogP contribution in [0.3, 0.4) is 0 Å². The molecule has 0 N–H and O–H groups in total. The number of cyclic esters (lactones) is 1. The van der Waals surface area contributed by atoms with Crippen LogP contribution in [0.4, 0.5) is 4.79 Å². The summed E-state index contributed by atoms with van der Waals surface area (Å²) in [6.07, 6.45) is -0.633. The predicted molar refractivity (Wildman–Crippen MR) is 60.8 cm³/mol. The fourth-order valence-electron chi connectivity index (χ4n) is 1.73. The molecule has 2 amide bonds. The molecular weight excluding hydrogens is 218 g/mol. The molecule has 1 fully saturated rings. The van der Waals surface area contributed by atoms with Gasteiger partial charge in [0.25, 0.3) is 0 Å². The molecule has 1 aromatic carbocycles. The summed E-state index contributed by atoms with van der Waals surface area (Å²) < 4.78 is 4.90. The maximum absolute atomic E-state index is 11.7. The van der Waals surface area contributed by atoms with E-state index in [4.69, 9.17) is 4.74 Å². The number of nitrogens with zero attached hydrogens (tertiary/aromatic N) is 1. The maximum atomic E-state index is 11.7. The number of carbonyl (C=O) groups is 2. The van der Waals surface area contributed by atoms with Crippen molar-refractivity contribution in [3.8, 4) is 11.8 Å². The molecule has 0 bridgehead atoms. The van der Waals surface area contributed by atoms with Gasteiger partial charge in [0.05, 0.1) is 0 Å². The number of imide groups is 1. The van der Waals surface area contributed by atoms with Gasteiger partial charge in [-0.25, -0.2) is 9.69 Å². The van der Waals surface area contributed by atoms with E-state index in [2.05, 4.69) is 11.8 Å². The number of amides is 2. The third-order valence-corrected chi connectivity index (χ3v) is 2.51. The highest BCUT2D eigenvalue weighted by Crippen LogP contribution is 2.27. The Morgan fingerprint density at radius 3 is 2.76 bits per heavy atom. The summed E-state index contributed by atoms with van der Waals surface area (Å²) in [6.45, 7) is 1.73. The Morgan fingerprint density at radius 1 is 1.41 bits per heavy atom. The van der Waals surface area contributed by atoms with Crippen LogP contribution in [0.5, 0.6) is 0 Å². The van der Waals surface area contributed by atoms with Gasteiger partial charge in [-0.15, -0.1) is 0 Å². The highest BCUT2D eigenvalue weighted by molar-refractivity contribution is 6.03. The van der Waals surface area contributed by atoms with Crippen molar-refractivity contribution in [1.29, 1.82) is 0 Å². The lowest BCUT2D eigenvalue weighted by atomic mass is 10.1. The van der Waals surface area contributed by atoms with Crippen LogP contribution in [0.1, 0.15) is 18.5 Å². The Balaban J connectivity index is 2.31. The Hall–Kier alpha value is -2.28. The zero-order chi connectivity index (χ0) is 12.3. The van der Waals surface area contributed by atoms with Crippen molar-refractivity contribution in [1.82, 2.24) is 4.90 Å². The van der Waals surface area contributed by atoms with Crippen LogP contribution in [0, 0.1) is 11.8 Å². The molecule has 0 radical (unpaired) electrons. The lowest BCUT2D eigenvalue weighted by Crippen LogP contribution is -2.33. The third kappa shape index (κ3) is 2.13. The van der Waals surface area contributed by atoms with Gasteiger partial charge < -0.3 is 4.74 Å². The Kier molecular flexibility index (Phi) is 3.10. The van der Waals surface area contributed by atoms with E-state index in [1.165, 1.54) is 0 Å².